The van der Waals surface area contributed by atoms with Crippen molar-refractivity contribution in [2.24, 2.45) is 0 Å². The maximum Gasteiger partial charge on any atom is 0.332 e. The number of nitrogens with two attached hydrogens (primary N) is 1. The molecule has 3 N–H and O–H groups in total. The number of urea groups is 1. The molecule has 1 aromatic heterocycles. The summed E-state index contributed by atoms with van der Waals surface area (Å²) < 4.78 is 6.15. The van der Waals surface area contributed by atoms with E-state index in [0.717, 1.165) is 32.7 Å². The number of aromatic nitrogens is 1. The minimum atomic E-state index is -0.821. The zero-order chi connectivity index (χ0) is 29.4. The van der Waals surface area contributed by atoms with Gasteiger partial charge < -0.3 is 25.6 Å². The minimum Gasteiger partial charge on any atom is -0.497 e. The molecule has 4 aromatic rings. The second kappa shape index (κ2) is 11.3. The van der Waals surface area contributed by atoms with Crippen LogP contribution >= 0.6 is 11.3 Å². The van der Waals surface area contributed by atoms with Crippen molar-refractivity contribution < 1.29 is 19.1 Å². The number of para-hydroxylation sites is 1. The van der Waals surface area contributed by atoms with E-state index >= 15 is 0 Å². The third kappa shape index (κ3) is 5.10. The Hall–Kier alpha value is -4.68. The fourth-order valence-electron chi connectivity index (χ4n) is 5.61. The van der Waals surface area contributed by atoms with Crippen molar-refractivity contribution in [2.75, 3.05) is 33.0 Å². The number of benzene rings is 3. The van der Waals surface area contributed by atoms with Crippen LogP contribution in [0.4, 0.5) is 9.93 Å². The van der Waals surface area contributed by atoms with Crippen molar-refractivity contribution in [2.45, 2.75) is 25.3 Å². The smallest absolute Gasteiger partial charge is 0.332 e. The molecule has 2 aliphatic rings. The second-order valence-electron chi connectivity index (χ2n) is 10.3. The van der Waals surface area contributed by atoms with Gasteiger partial charge in [-0.1, -0.05) is 65.9 Å². The number of nitrogens with zero attached hydrogens (tertiary/aromatic N) is 5. The van der Waals surface area contributed by atoms with Crippen molar-refractivity contribution in [3.63, 3.8) is 0 Å². The van der Waals surface area contributed by atoms with Crippen LogP contribution in [0.2, 0.25) is 0 Å². The number of nitrogens with one attached hydrogen (secondary N) is 1. The van der Waals surface area contributed by atoms with Gasteiger partial charge in [0.2, 0.25) is 5.91 Å². The highest BCUT2D eigenvalue weighted by molar-refractivity contribution is 7.22. The lowest BCUT2D eigenvalue weighted by Gasteiger charge is -2.45. The summed E-state index contributed by atoms with van der Waals surface area (Å²) >= 11 is 1.40. The molecule has 2 atom stereocenters. The average molecular weight is 586 g/mol. The van der Waals surface area contributed by atoms with Crippen molar-refractivity contribution in [3.05, 3.63) is 89.5 Å². The largest absolute Gasteiger partial charge is 0.497 e. The van der Waals surface area contributed by atoms with E-state index in [1.54, 1.807) is 29.0 Å². The number of fused-ring (bicyclic) bond motifs is 2. The van der Waals surface area contributed by atoms with Crippen LogP contribution in [0.3, 0.4) is 0 Å². The Kier molecular flexibility index (Phi) is 7.40. The second-order valence-corrected chi connectivity index (χ2v) is 11.3. The van der Waals surface area contributed by atoms with Crippen molar-refractivity contribution in [1.82, 2.24) is 30.1 Å². The van der Waals surface area contributed by atoms with Gasteiger partial charge in [-0.2, -0.15) is 5.01 Å². The quantitative estimate of drug-likeness (QED) is 0.341. The topological polar surface area (TPSA) is 124 Å². The molecule has 3 aromatic carbocycles. The van der Waals surface area contributed by atoms with Gasteiger partial charge in [-0.05, 0) is 34.9 Å². The summed E-state index contributed by atoms with van der Waals surface area (Å²) in [5.74, 6) is 0.335. The van der Waals surface area contributed by atoms with Gasteiger partial charge in [0, 0.05) is 20.1 Å². The summed E-state index contributed by atoms with van der Waals surface area (Å²) in [4.78, 5) is 48.6. The van der Waals surface area contributed by atoms with Gasteiger partial charge >= 0.3 is 6.03 Å². The molecule has 0 aliphatic carbocycles. The van der Waals surface area contributed by atoms with Crippen LogP contribution in [-0.4, -0.2) is 76.1 Å². The average Bonchev–Trinajstić information content (AvgIpc) is 3.55. The highest BCUT2D eigenvalue weighted by Crippen LogP contribution is 2.37. The summed E-state index contributed by atoms with van der Waals surface area (Å²) in [6.07, 6.45) is -0.545. The Morgan fingerprint density at radius 3 is 2.60 bits per heavy atom. The first-order valence-corrected chi connectivity index (χ1v) is 14.4. The summed E-state index contributed by atoms with van der Waals surface area (Å²) in [7, 11) is 3.24. The first kappa shape index (κ1) is 27.5. The molecule has 11 nitrogen and oxygen atoms in total. The molecule has 3 heterocycles. The van der Waals surface area contributed by atoms with E-state index in [-0.39, 0.29) is 30.9 Å². The summed E-state index contributed by atoms with van der Waals surface area (Å²) in [6.45, 7) is 0.795. The molecule has 42 heavy (non-hydrogen) atoms. The van der Waals surface area contributed by atoms with Crippen LogP contribution in [-0.2, 0) is 22.7 Å². The predicted molar refractivity (Wildman–Crippen MR) is 159 cm³/mol. The Morgan fingerprint density at radius 2 is 1.86 bits per heavy atom. The van der Waals surface area contributed by atoms with E-state index in [1.807, 2.05) is 72.8 Å². The molecule has 4 amide bonds. The number of carbonyl (C=O) groups excluding carboxylic acids is 3. The Bertz CT molecular complexity index is 1630. The van der Waals surface area contributed by atoms with E-state index in [0.29, 0.717) is 18.2 Å². The lowest BCUT2D eigenvalue weighted by Crippen LogP contribution is -2.62. The van der Waals surface area contributed by atoms with Crippen molar-refractivity contribution >= 4 is 44.5 Å². The fourth-order valence-corrected chi connectivity index (χ4v) is 6.39. The van der Waals surface area contributed by atoms with Crippen molar-refractivity contribution in [1.29, 1.82) is 0 Å². The van der Waals surface area contributed by atoms with Gasteiger partial charge in [0.05, 0.1) is 30.4 Å². The van der Waals surface area contributed by atoms with Gasteiger partial charge in [-0.25, -0.2) is 9.78 Å². The maximum atomic E-state index is 14.0. The fraction of sp³-hybridized carbons (Fsp3) is 0.267. The molecule has 0 radical (unpaired) electrons. The number of ether oxygens (including phenoxy) is 1. The summed E-state index contributed by atoms with van der Waals surface area (Å²) in [5, 5.41) is 6.55. The molecule has 6 rings (SSSR count). The number of methoxy groups -OCH3 is 1. The number of amides is 4. The van der Waals surface area contributed by atoms with Gasteiger partial charge in [-0.3, -0.25) is 14.6 Å². The van der Waals surface area contributed by atoms with Crippen LogP contribution < -0.4 is 15.8 Å². The van der Waals surface area contributed by atoms with E-state index in [2.05, 4.69) is 10.3 Å². The minimum absolute atomic E-state index is 0.0280. The zero-order valence-corrected chi connectivity index (χ0v) is 24.1. The summed E-state index contributed by atoms with van der Waals surface area (Å²) in [5.41, 5.74) is 9.25. The molecule has 0 saturated carbocycles. The molecule has 2 aliphatic heterocycles. The van der Waals surface area contributed by atoms with Crippen LogP contribution in [0.25, 0.3) is 10.2 Å². The molecule has 0 spiro atoms. The Labute approximate surface area is 247 Å². The van der Waals surface area contributed by atoms with E-state index in [1.165, 1.54) is 16.3 Å². The van der Waals surface area contributed by atoms with E-state index in [4.69, 9.17) is 10.5 Å². The monoisotopic (exact) mass is 585 g/mol. The van der Waals surface area contributed by atoms with Crippen molar-refractivity contribution in [3.8, 4) is 5.75 Å². The number of nitrogen functional groups attached to an aromatic ring is 1. The molecule has 2 saturated heterocycles. The van der Waals surface area contributed by atoms with Crippen LogP contribution in [0.5, 0.6) is 5.75 Å². The number of thiazole rings is 1. The van der Waals surface area contributed by atoms with Gasteiger partial charge in [0.15, 0.2) is 5.13 Å². The number of hydrazine groups is 1. The first-order valence-electron chi connectivity index (χ1n) is 13.5. The number of carbonyl (C=O) groups is 3. The Morgan fingerprint density at radius 1 is 1.10 bits per heavy atom. The lowest BCUT2D eigenvalue weighted by molar-refractivity contribution is -0.157. The van der Waals surface area contributed by atoms with Gasteiger partial charge in [-0.15, -0.1) is 0 Å². The number of rotatable bonds is 7. The normalized spacial score (nSPS) is 18.8. The zero-order valence-electron chi connectivity index (χ0n) is 23.3. The number of piperazine rings is 1. The number of hydrogen-bond donors (Lipinski definition) is 2. The third-order valence-corrected chi connectivity index (χ3v) is 8.59. The van der Waals surface area contributed by atoms with Crippen LogP contribution in [0.1, 0.15) is 22.7 Å². The van der Waals surface area contributed by atoms with E-state index in [9.17, 15) is 14.4 Å². The highest BCUT2D eigenvalue weighted by atomic mass is 32.1. The maximum absolute atomic E-state index is 14.0. The molecular formula is C30H31N7O4S. The molecule has 216 valence electrons. The standard InChI is InChI=1S/C30H31N7O4S/c1-34(30(40)32-15-19-11-13-22(41-2)14-12-19)36-18-25(38)37-24(36)17-35(28(39)27(37)20-7-4-3-5-8-20)16-21-9-6-10-23-26(21)33-29(31)42-23/h3-14,24,27H,15-18H2,1-2H3,(H2,31,33)(H,32,40)/t24-,27+/m1/s1. The van der Waals surface area contributed by atoms with E-state index < -0.39 is 12.2 Å². The molecular weight excluding hydrogens is 554 g/mol. The number of anilines is 1. The lowest BCUT2D eigenvalue weighted by atomic mass is 10.00. The molecule has 2 fully saturated rings. The molecule has 0 unspecified atom stereocenters. The van der Waals surface area contributed by atoms with Gasteiger partial charge in [0.25, 0.3) is 5.91 Å². The predicted octanol–water partition coefficient (Wildman–Crippen LogP) is 3.20. The highest BCUT2D eigenvalue weighted by Gasteiger charge is 2.52. The first-order chi connectivity index (χ1) is 20.3. The molecule has 12 heteroatoms. The van der Waals surface area contributed by atoms with Gasteiger partial charge in [0.1, 0.15) is 18.0 Å². The third-order valence-electron chi connectivity index (χ3n) is 7.74. The van der Waals surface area contributed by atoms with Crippen LogP contribution in [0, 0.1) is 0 Å². The van der Waals surface area contributed by atoms with Crippen LogP contribution in [0.15, 0.2) is 72.8 Å². The number of hydrogen-bond acceptors (Lipinski definition) is 8. The SMILES string of the molecule is COc1ccc(CNC(=O)N(C)N2CC(=O)N3[C@@H](c4ccccc4)C(=O)N(Cc4cccc5sc(N)nc45)C[C@@H]32)cc1. The Balaban J connectivity index is 1.27. The molecule has 0 bridgehead atoms. The summed E-state index contributed by atoms with van der Waals surface area (Å²) in [6, 6.07) is 21.4.